The highest BCUT2D eigenvalue weighted by Crippen LogP contribution is 2.44. The lowest BCUT2D eigenvalue weighted by atomic mass is 9.72. The van der Waals surface area contributed by atoms with Crippen LogP contribution < -0.4 is 5.32 Å². The lowest BCUT2D eigenvalue weighted by molar-refractivity contribution is 0.0261. The fraction of sp³-hybridized carbons (Fsp3) is 0.933. The first-order chi connectivity index (χ1) is 8.73. The fourth-order valence-corrected chi connectivity index (χ4v) is 3.59. The van der Waals surface area contributed by atoms with E-state index in [4.69, 9.17) is 4.74 Å². The van der Waals surface area contributed by atoms with Crippen molar-refractivity contribution in [3.63, 3.8) is 0 Å². The summed E-state index contributed by atoms with van der Waals surface area (Å²) >= 11 is 0. The highest BCUT2D eigenvalue weighted by Gasteiger charge is 2.49. The first-order valence-electron chi connectivity index (χ1n) is 7.42. The summed E-state index contributed by atoms with van der Waals surface area (Å²) in [6.07, 6.45) is 0.945. The molecule has 2 rings (SSSR count). The smallest absolute Gasteiger partial charge is 0.410 e. The summed E-state index contributed by atoms with van der Waals surface area (Å²) < 4.78 is 5.49. The molecule has 110 valence electrons. The Balaban J connectivity index is 2.01. The quantitative estimate of drug-likeness (QED) is 0.794. The number of rotatable bonds is 1. The summed E-state index contributed by atoms with van der Waals surface area (Å²) in [7, 11) is 0. The van der Waals surface area contributed by atoms with Gasteiger partial charge in [-0.2, -0.15) is 0 Å². The molecule has 4 heteroatoms. The van der Waals surface area contributed by atoms with E-state index in [1.165, 1.54) is 0 Å². The van der Waals surface area contributed by atoms with Crippen LogP contribution in [0.25, 0.3) is 0 Å². The highest BCUT2D eigenvalue weighted by atomic mass is 16.6. The second-order valence-electron chi connectivity index (χ2n) is 7.50. The van der Waals surface area contributed by atoms with E-state index < -0.39 is 5.60 Å². The molecule has 2 saturated heterocycles. The third kappa shape index (κ3) is 3.04. The van der Waals surface area contributed by atoms with Crippen LogP contribution in [-0.4, -0.2) is 42.8 Å². The molecule has 0 aromatic carbocycles. The van der Waals surface area contributed by atoms with Crippen molar-refractivity contribution in [3.8, 4) is 0 Å². The maximum Gasteiger partial charge on any atom is 0.410 e. The van der Waals surface area contributed by atoms with Crippen LogP contribution in [0.4, 0.5) is 4.79 Å². The van der Waals surface area contributed by atoms with E-state index in [1.807, 2.05) is 25.7 Å². The summed E-state index contributed by atoms with van der Waals surface area (Å²) in [5.41, 5.74) is -0.136. The first-order valence-corrected chi connectivity index (χ1v) is 7.42. The Morgan fingerprint density at radius 3 is 2.68 bits per heavy atom. The van der Waals surface area contributed by atoms with Crippen LogP contribution in [0.3, 0.4) is 0 Å². The molecule has 0 aromatic heterocycles. The van der Waals surface area contributed by atoms with Gasteiger partial charge in [-0.25, -0.2) is 4.79 Å². The van der Waals surface area contributed by atoms with Gasteiger partial charge in [0.25, 0.3) is 0 Å². The van der Waals surface area contributed by atoms with Crippen molar-refractivity contribution in [1.82, 2.24) is 10.2 Å². The lowest BCUT2D eigenvalue weighted by Gasteiger charge is -2.33. The number of hydrogen-bond acceptors (Lipinski definition) is 3. The van der Waals surface area contributed by atoms with E-state index in [0.29, 0.717) is 11.8 Å². The Morgan fingerprint density at radius 1 is 1.42 bits per heavy atom. The molecular formula is C15H28N2O2. The second-order valence-corrected chi connectivity index (χ2v) is 7.50. The highest BCUT2D eigenvalue weighted by molar-refractivity contribution is 5.68. The Bertz CT molecular complexity index is 349. The zero-order chi connectivity index (χ0) is 14.3. The number of hydrogen-bond donors (Lipinski definition) is 1. The zero-order valence-corrected chi connectivity index (χ0v) is 13.0. The van der Waals surface area contributed by atoms with Crippen molar-refractivity contribution >= 4 is 6.09 Å². The van der Waals surface area contributed by atoms with Crippen LogP contribution in [-0.2, 0) is 4.74 Å². The number of nitrogens with one attached hydrogen (secondary N) is 1. The van der Waals surface area contributed by atoms with Crippen molar-refractivity contribution in [2.75, 3.05) is 26.2 Å². The molecule has 1 spiro atoms. The van der Waals surface area contributed by atoms with Crippen LogP contribution in [0.2, 0.25) is 0 Å². The van der Waals surface area contributed by atoms with Crippen molar-refractivity contribution in [1.29, 1.82) is 0 Å². The molecule has 0 saturated carbocycles. The van der Waals surface area contributed by atoms with Gasteiger partial charge in [-0.3, -0.25) is 0 Å². The molecule has 0 bridgehead atoms. The van der Waals surface area contributed by atoms with Gasteiger partial charge in [-0.15, -0.1) is 0 Å². The zero-order valence-electron chi connectivity index (χ0n) is 13.0. The van der Waals surface area contributed by atoms with Crippen molar-refractivity contribution < 1.29 is 9.53 Å². The number of ether oxygens (including phenoxy) is 1. The molecular weight excluding hydrogens is 240 g/mol. The summed E-state index contributed by atoms with van der Waals surface area (Å²) in [4.78, 5) is 14.1. The van der Waals surface area contributed by atoms with E-state index >= 15 is 0 Å². The number of carbonyl (C=O) groups excluding carboxylic acids is 1. The average Bonchev–Trinajstić information content (AvgIpc) is 2.84. The molecule has 4 nitrogen and oxygen atoms in total. The summed E-state index contributed by atoms with van der Waals surface area (Å²) in [6, 6.07) is 0. The molecule has 1 amide bonds. The normalized spacial score (nSPS) is 31.5. The van der Waals surface area contributed by atoms with Crippen LogP contribution in [0.1, 0.15) is 41.0 Å². The number of amides is 1. The van der Waals surface area contributed by atoms with E-state index in [0.717, 1.165) is 32.6 Å². The van der Waals surface area contributed by atoms with Gasteiger partial charge in [-0.05, 0) is 45.6 Å². The average molecular weight is 268 g/mol. The monoisotopic (exact) mass is 268 g/mol. The minimum absolute atomic E-state index is 0.154. The number of carbonyl (C=O) groups is 1. The van der Waals surface area contributed by atoms with Crippen LogP contribution in [0.5, 0.6) is 0 Å². The van der Waals surface area contributed by atoms with Gasteiger partial charge in [0, 0.05) is 25.0 Å². The molecule has 19 heavy (non-hydrogen) atoms. The molecule has 0 aromatic rings. The third-order valence-electron chi connectivity index (χ3n) is 4.47. The maximum atomic E-state index is 12.2. The molecule has 1 N–H and O–H groups in total. The molecule has 2 heterocycles. The molecule has 2 aliphatic rings. The van der Waals surface area contributed by atoms with E-state index in [2.05, 4.69) is 19.2 Å². The van der Waals surface area contributed by atoms with Gasteiger partial charge in [0.15, 0.2) is 0 Å². The van der Waals surface area contributed by atoms with Gasteiger partial charge in [0.1, 0.15) is 5.60 Å². The summed E-state index contributed by atoms with van der Waals surface area (Å²) in [5.74, 6) is 1.33. The summed E-state index contributed by atoms with van der Waals surface area (Å²) in [6.45, 7) is 14.1. The predicted octanol–water partition coefficient (Wildman–Crippen LogP) is 2.49. The topological polar surface area (TPSA) is 41.6 Å². The Hall–Kier alpha value is -0.770. The third-order valence-corrected chi connectivity index (χ3v) is 4.47. The molecule has 2 fully saturated rings. The molecule has 0 radical (unpaired) electrons. The van der Waals surface area contributed by atoms with Crippen molar-refractivity contribution in [2.45, 2.75) is 46.6 Å². The molecule has 2 unspecified atom stereocenters. The molecule has 0 aliphatic carbocycles. The standard InChI is InChI=1S/C15H28N2O2/c1-11(2)12-8-16-9-15(12)6-7-17(10-15)13(18)19-14(3,4)5/h11-12,16H,6-10H2,1-5H3. The Labute approximate surface area is 116 Å². The molecule has 2 aliphatic heterocycles. The van der Waals surface area contributed by atoms with Gasteiger partial charge in [0.05, 0.1) is 0 Å². The maximum absolute atomic E-state index is 12.2. The molecule has 2 atom stereocenters. The second kappa shape index (κ2) is 4.97. The number of likely N-dealkylation sites (tertiary alicyclic amines) is 1. The minimum Gasteiger partial charge on any atom is -0.444 e. The van der Waals surface area contributed by atoms with E-state index in [-0.39, 0.29) is 11.5 Å². The van der Waals surface area contributed by atoms with Gasteiger partial charge >= 0.3 is 6.09 Å². The van der Waals surface area contributed by atoms with Crippen LogP contribution in [0, 0.1) is 17.3 Å². The number of nitrogens with zero attached hydrogens (tertiary/aromatic N) is 1. The predicted molar refractivity (Wildman–Crippen MR) is 76.1 cm³/mol. The Morgan fingerprint density at radius 2 is 2.11 bits per heavy atom. The van der Waals surface area contributed by atoms with Crippen molar-refractivity contribution in [2.24, 2.45) is 17.3 Å². The van der Waals surface area contributed by atoms with Gasteiger partial charge in [-0.1, -0.05) is 13.8 Å². The largest absolute Gasteiger partial charge is 0.444 e. The lowest BCUT2D eigenvalue weighted by Crippen LogP contribution is -2.40. The van der Waals surface area contributed by atoms with E-state index in [9.17, 15) is 4.79 Å². The minimum atomic E-state index is -0.405. The van der Waals surface area contributed by atoms with Gasteiger partial charge < -0.3 is 15.0 Å². The van der Waals surface area contributed by atoms with E-state index in [1.54, 1.807) is 0 Å². The SMILES string of the molecule is CC(C)C1CNCC12CCN(C(=O)OC(C)(C)C)C2. The fourth-order valence-electron chi connectivity index (χ4n) is 3.59. The first kappa shape index (κ1) is 14.6. The Kier molecular flexibility index (Phi) is 3.83. The van der Waals surface area contributed by atoms with Gasteiger partial charge in [0.2, 0.25) is 0 Å². The van der Waals surface area contributed by atoms with Crippen molar-refractivity contribution in [3.05, 3.63) is 0 Å². The summed E-state index contributed by atoms with van der Waals surface area (Å²) in [5, 5.41) is 3.52. The van der Waals surface area contributed by atoms with Crippen LogP contribution in [0.15, 0.2) is 0 Å². The van der Waals surface area contributed by atoms with Crippen LogP contribution >= 0.6 is 0 Å².